The quantitative estimate of drug-likeness (QED) is 0.240. The average Bonchev–Trinajstić information content (AvgIpc) is 3.49. The molecule has 3 unspecified atom stereocenters. The molecule has 3 aliphatic rings. The maximum atomic E-state index is 14.7. The Balaban J connectivity index is 1.81. The van der Waals surface area contributed by atoms with Gasteiger partial charge in [0.2, 0.25) is 17.7 Å². The molecule has 1 spiro atoms. The Morgan fingerprint density at radius 3 is 2.35 bits per heavy atom. The lowest BCUT2D eigenvalue weighted by molar-refractivity contribution is -0.158. The molecule has 3 heterocycles. The Morgan fingerprint density at radius 2 is 1.77 bits per heavy atom. The molecule has 0 saturated carbocycles. The van der Waals surface area contributed by atoms with E-state index in [9.17, 15) is 19.5 Å². The first-order chi connectivity index (χ1) is 20.5. The van der Waals surface area contributed by atoms with Crippen LogP contribution in [0.3, 0.4) is 0 Å². The van der Waals surface area contributed by atoms with E-state index in [1.807, 2.05) is 51.1 Å². The normalized spacial score (nSPS) is 29.9. The van der Waals surface area contributed by atoms with Gasteiger partial charge in [-0.05, 0) is 37.2 Å². The van der Waals surface area contributed by atoms with Crippen LogP contribution in [-0.2, 0) is 25.7 Å². The third-order valence-electron chi connectivity index (χ3n) is 10.1. The predicted octanol–water partition coefficient (Wildman–Crippen LogP) is 4.43. The Kier molecular flexibility index (Phi) is 10.2. The van der Waals surface area contributed by atoms with Crippen LogP contribution in [0.2, 0.25) is 0 Å². The number of hydrogen-bond acceptors (Lipinski definition) is 5. The molecule has 8 heteroatoms. The van der Waals surface area contributed by atoms with Crippen molar-refractivity contribution in [2.75, 3.05) is 26.2 Å². The average molecular weight is 594 g/mol. The zero-order valence-corrected chi connectivity index (χ0v) is 26.7. The molecule has 2 bridgehead atoms. The van der Waals surface area contributed by atoms with Crippen LogP contribution in [0.4, 0.5) is 0 Å². The number of hydrogen-bond donors (Lipinski definition) is 1. The highest BCUT2D eigenvalue weighted by molar-refractivity contribution is 5.99. The third kappa shape index (κ3) is 5.68. The predicted molar refractivity (Wildman–Crippen MR) is 168 cm³/mol. The summed E-state index contributed by atoms with van der Waals surface area (Å²) < 4.78 is 6.97. The van der Waals surface area contributed by atoms with Crippen LogP contribution in [0, 0.1) is 23.7 Å². The van der Waals surface area contributed by atoms with Crippen LogP contribution in [0.25, 0.3) is 0 Å². The highest BCUT2D eigenvalue weighted by Gasteiger charge is 2.80. The van der Waals surface area contributed by atoms with Gasteiger partial charge in [0, 0.05) is 26.2 Å². The lowest BCUT2D eigenvalue weighted by atomic mass is 9.62. The zero-order chi connectivity index (χ0) is 31.5. The molecule has 3 saturated heterocycles. The molecule has 0 aliphatic carbocycles. The van der Waals surface area contributed by atoms with Crippen molar-refractivity contribution in [1.29, 1.82) is 0 Å². The fourth-order valence-corrected chi connectivity index (χ4v) is 7.87. The van der Waals surface area contributed by atoms with Gasteiger partial charge >= 0.3 is 0 Å². The van der Waals surface area contributed by atoms with Crippen LogP contribution in [0.1, 0.15) is 65.9 Å². The standard InChI is InChI=1S/C35H51N3O5/c1-8-11-15-20-36(18-9-2)33(42)30-35-21-25(6)34(7,43-35)28(29(35)32(41)38(30)27(23-39)24(4)5)31(40)37(19-10-3)22-26-16-13-12-14-17-26/h9-10,12-14,16-17,24-25,27-30,39H,2-3,8,11,15,18-23H2,1,4-7H3/t25?,27-,28+,29-,30?,34-,35?/m0/s1. The number of unbranched alkanes of at least 4 members (excludes halogenated alkanes) is 2. The molecule has 7 atom stereocenters. The minimum atomic E-state index is -1.16. The van der Waals surface area contributed by atoms with Crippen molar-refractivity contribution >= 4 is 17.7 Å². The Hall–Kier alpha value is -2.97. The van der Waals surface area contributed by atoms with Gasteiger partial charge in [0.15, 0.2) is 0 Å². The zero-order valence-electron chi connectivity index (χ0n) is 26.7. The second-order valence-electron chi connectivity index (χ2n) is 13.2. The van der Waals surface area contributed by atoms with E-state index in [-0.39, 0.29) is 36.2 Å². The molecular formula is C35H51N3O5. The van der Waals surface area contributed by atoms with E-state index in [2.05, 4.69) is 27.0 Å². The van der Waals surface area contributed by atoms with Gasteiger partial charge in [-0.25, -0.2) is 0 Å². The van der Waals surface area contributed by atoms with Crippen molar-refractivity contribution in [2.24, 2.45) is 23.7 Å². The fourth-order valence-electron chi connectivity index (χ4n) is 7.87. The second kappa shape index (κ2) is 13.3. The van der Waals surface area contributed by atoms with Gasteiger partial charge in [-0.15, -0.1) is 13.2 Å². The van der Waals surface area contributed by atoms with Crippen LogP contribution >= 0.6 is 0 Å². The van der Waals surface area contributed by atoms with Gasteiger partial charge in [-0.2, -0.15) is 0 Å². The number of amides is 3. The van der Waals surface area contributed by atoms with Crippen molar-refractivity contribution in [3.63, 3.8) is 0 Å². The Bertz CT molecular complexity index is 1190. The molecule has 1 N–H and O–H groups in total. The molecule has 43 heavy (non-hydrogen) atoms. The number of ether oxygens (including phenoxy) is 1. The second-order valence-corrected chi connectivity index (χ2v) is 13.2. The lowest BCUT2D eigenvalue weighted by Crippen LogP contribution is -2.60. The SMILES string of the molecule is C=CCN(CCCCC)C(=O)C1N([C@@H](CO)C(C)C)C(=O)[C@@H]2[C@H](C(=O)N(CC=C)Cc3ccccc3)[C@@]3(C)OC12CC3C. The van der Waals surface area contributed by atoms with Gasteiger partial charge in [0.25, 0.3) is 0 Å². The van der Waals surface area contributed by atoms with Crippen LogP contribution in [0.5, 0.6) is 0 Å². The van der Waals surface area contributed by atoms with Crippen molar-refractivity contribution in [2.45, 2.75) is 90.1 Å². The first-order valence-electron chi connectivity index (χ1n) is 16.0. The number of likely N-dealkylation sites (tertiary alicyclic amines) is 1. The molecule has 8 nitrogen and oxygen atoms in total. The molecule has 3 aliphatic heterocycles. The summed E-state index contributed by atoms with van der Waals surface area (Å²) in [6.07, 6.45) is 6.75. The van der Waals surface area contributed by atoms with Gasteiger partial charge in [-0.1, -0.05) is 83.0 Å². The molecule has 0 radical (unpaired) electrons. The Morgan fingerprint density at radius 1 is 1.12 bits per heavy atom. The maximum absolute atomic E-state index is 14.7. The highest BCUT2D eigenvalue weighted by Crippen LogP contribution is 2.66. The summed E-state index contributed by atoms with van der Waals surface area (Å²) in [4.78, 5) is 49.0. The smallest absolute Gasteiger partial charge is 0.248 e. The minimum absolute atomic E-state index is 0.0670. The lowest BCUT2D eigenvalue weighted by Gasteiger charge is -2.40. The largest absolute Gasteiger partial charge is 0.394 e. The van der Waals surface area contributed by atoms with E-state index in [4.69, 9.17) is 4.74 Å². The molecule has 4 rings (SSSR count). The number of aliphatic hydroxyl groups excluding tert-OH is 1. The third-order valence-corrected chi connectivity index (χ3v) is 10.1. The number of fused-ring (bicyclic) bond motifs is 1. The maximum Gasteiger partial charge on any atom is 0.248 e. The summed E-state index contributed by atoms with van der Waals surface area (Å²) in [7, 11) is 0. The van der Waals surface area contributed by atoms with Crippen molar-refractivity contribution in [1.82, 2.24) is 14.7 Å². The van der Waals surface area contributed by atoms with E-state index >= 15 is 0 Å². The van der Waals surface area contributed by atoms with Gasteiger partial charge in [0.05, 0.1) is 30.1 Å². The summed E-state index contributed by atoms with van der Waals surface area (Å²) in [5.74, 6) is -2.40. The fraction of sp³-hybridized carbons (Fsp3) is 0.629. The summed E-state index contributed by atoms with van der Waals surface area (Å²) in [5.41, 5.74) is -1.10. The van der Waals surface area contributed by atoms with E-state index in [1.165, 1.54) is 0 Å². The van der Waals surface area contributed by atoms with E-state index < -0.39 is 35.1 Å². The molecule has 1 aromatic rings. The molecule has 1 aromatic carbocycles. The monoisotopic (exact) mass is 593 g/mol. The highest BCUT2D eigenvalue weighted by atomic mass is 16.5. The Labute approximate surface area is 257 Å². The minimum Gasteiger partial charge on any atom is -0.394 e. The van der Waals surface area contributed by atoms with Crippen molar-refractivity contribution in [3.05, 3.63) is 61.2 Å². The van der Waals surface area contributed by atoms with Crippen LogP contribution in [-0.4, -0.2) is 87.1 Å². The number of carbonyl (C=O) groups is 3. The summed E-state index contributed by atoms with van der Waals surface area (Å²) in [6.45, 7) is 19.1. The number of nitrogens with zero attached hydrogens (tertiary/aromatic N) is 3. The van der Waals surface area contributed by atoms with Crippen molar-refractivity contribution < 1.29 is 24.2 Å². The molecule has 236 valence electrons. The molecule has 0 aromatic heterocycles. The van der Waals surface area contributed by atoms with E-state index in [1.54, 1.807) is 26.9 Å². The summed E-state index contributed by atoms with van der Waals surface area (Å²) in [5, 5.41) is 10.6. The number of rotatable bonds is 15. The molecule has 3 amide bonds. The van der Waals surface area contributed by atoms with Gasteiger partial charge < -0.3 is 24.5 Å². The van der Waals surface area contributed by atoms with Gasteiger partial charge in [0.1, 0.15) is 11.6 Å². The van der Waals surface area contributed by atoms with E-state index in [0.717, 1.165) is 24.8 Å². The van der Waals surface area contributed by atoms with E-state index in [0.29, 0.717) is 32.6 Å². The number of carbonyl (C=O) groups excluding carboxylic acids is 3. The van der Waals surface area contributed by atoms with Crippen LogP contribution in [0.15, 0.2) is 55.6 Å². The topological polar surface area (TPSA) is 90.4 Å². The molecule has 3 fully saturated rings. The van der Waals surface area contributed by atoms with Gasteiger partial charge in [-0.3, -0.25) is 14.4 Å². The first kappa shape index (κ1) is 32.9. The number of aliphatic hydroxyl groups is 1. The first-order valence-corrected chi connectivity index (χ1v) is 16.0. The van der Waals surface area contributed by atoms with Crippen LogP contribution < -0.4 is 0 Å². The number of benzene rings is 1. The van der Waals surface area contributed by atoms with Crippen molar-refractivity contribution in [3.8, 4) is 0 Å². The molecular weight excluding hydrogens is 542 g/mol. The summed E-state index contributed by atoms with van der Waals surface area (Å²) in [6, 6.07) is 8.25. The summed E-state index contributed by atoms with van der Waals surface area (Å²) >= 11 is 0.